The lowest BCUT2D eigenvalue weighted by atomic mass is 9.70. The first-order valence-corrected chi connectivity index (χ1v) is 12.2. The largest absolute Gasteiger partial charge is 0.407 e. The van der Waals surface area contributed by atoms with Crippen molar-refractivity contribution in [3.05, 3.63) is 60.7 Å². The molecule has 3 heteroatoms. The number of hydrogen-bond donors (Lipinski definition) is 1. The fourth-order valence-electron chi connectivity index (χ4n) is 4.97. The average molecular weight is 381 g/mol. The molecule has 0 aromatic heterocycles. The van der Waals surface area contributed by atoms with Crippen LogP contribution < -0.4 is 10.4 Å². The van der Waals surface area contributed by atoms with Crippen LogP contribution in [0, 0.1) is 11.8 Å². The van der Waals surface area contributed by atoms with Crippen molar-refractivity contribution in [2.45, 2.75) is 57.1 Å². The Kier molecular flexibility index (Phi) is 4.82. The van der Waals surface area contributed by atoms with Crippen LogP contribution in [-0.2, 0) is 4.43 Å². The maximum Gasteiger partial charge on any atom is 0.261 e. The van der Waals surface area contributed by atoms with Gasteiger partial charge in [0.15, 0.2) is 0 Å². The summed E-state index contributed by atoms with van der Waals surface area (Å²) in [6.45, 7) is 7.74. The molecular weight excluding hydrogens is 348 g/mol. The molecule has 1 N–H and O–H groups in total. The molecule has 144 valence electrons. The van der Waals surface area contributed by atoms with Gasteiger partial charge in [-0.05, 0) is 52.9 Å². The molecule has 0 radical (unpaired) electrons. The molecule has 0 spiro atoms. The van der Waals surface area contributed by atoms with Crippen LogP contribution in [0.5, 0.6) is 0 Å². The highest BCUT2D eigenvalue weighted by Gasteiger charge is 2.56. The molecule has 2 nitrogen and oxygen atoms in total. The highest BCUT2D eigenvalue weighted by atomic mass is 28.4. The van der Waals surface area contributed by atoms with E-state index in [2.05, 4.69) is 81.4 Å². The molecule has 2 aliphatic rings. The lowest BCUT2D eigenvalue weighted by Gasteiger charge is -2.47. The smallest absolute Gasteiger partial charge is 0.261 e. The summed E-state index contributed by atoms with van der Waals surface area (Å²) in [5, 5.41) is 13.3. The number of benzene rings is 2. The lowest BCUT2D eigenvalue weighted by molar-refractivity contribution is -0.0264. The van der Waals surface area contributed by atoms with Gasteiger partial charge in [0.2, 0.25) is 0 Å². The van der Waals surface area contributed by atoms with Crippen LogP contribution in [-0.4, -0.2) is 25.6 Å². The van der Waals surface area contributed by atoms with Crippen molar-refractivity contribution in [1.29, 1.82) is 0 Å². The zero-order valence-corrected chi connectivity index (χ0v) is 17.8. The summed E-state index contributed by atoms with van der Waals surface area (Å²) in [5.41, 5.74) is -0.377. The monoisotopic (exact) mass is 380 g/mol. The second kappa shape index (κ2) is 6.88. The van der Waals surface area contributed by atoms with Crippen LogP contribution in [0.3, 0.4) is 0 Å². The van der Waals surface area contributed by atoms with Crippen molar-refractivity contribution in [2.75, 3.05) is 6.61 Å². The zero-order valence-electron chi connectivity index (χ0n) is 16.8. The third-order valence-corrected chi connectivity index (χ3v) is 11.8. The number of rotatable bonds is 6. The second-order valence-electron chi connectivity index (χ2n) is 9.52. The summed E-state index contributed by atoms with van der Waals surface area (Å²) in [5.74, 6) is 0.940. The fraction of sp³-hybridized carbons (Fsp3) is 0.500. The molecule has 0 amide bonds. The van der Waals surface area contributed by atoms with Crippen LogP contribution in [0.2, 0.25) is 5.04 Å². The molecule has 0 saturated heterocycles. The quantitative estimate of drug-likeness (QED) is 0.764. The second-order valence-corrected chi connectivity index (χ2v) is 13.8. The molecule has 2 saturated carbocycles. The normalized spacial score (nSPS) is 24.3. The van der Waals surface area contributed by atoms with E-state index in [4.69, 9.17) is 4.43 Å². The topological polar surface area (TPSA) is 29.5 Å². The third-order valence-electron chi connectivity index (χ3n) is 6.80. The molecule has 0 unspecified atom stereocenters. The van der Waals surface area contributed by atoms with Crippen LogP contribution in [0.4, 0.5) is 0 Å². The molecule has 4 rings (SSSR count). The SMILES string of the molecule is CC(C)(C)[Si](OC[C@@H]1CC[C@H]1C1(O)CC1)(c1ccccc1)c1ccccc1. The summed E-state index contributed by atoms with van der Waals surface area (Å²) >= 11 is 0. The van der Waals surface area contributed by atoms with Crippen LogP contribution in [0.15, 0.2) is 60.7 Å². The van der Waals surface area contributed by atoms with Crippen molar-refractivity contribution >= 4 is 18.7 Å². The molecule has 2 aromatic rings. The summed E-state index contributed by atoms with van der Waals surface area (Å²) in [4.78, 5) is 0. The van der Waals surface area contributed by atoms with Gasteiger partial charge >= 0.3 is 0 Å². The Morgan fingerprint density at radius 1 is 0.926 bits per heavy atom. The summed E-state index contributed by atoms with van der Waals surface area (Å²) in [6.07, 6.45) is 4.30. The Morgan fingerprint density at radius 3 is 1.81 bits per heavy atom. The van der Waals surface area contributed by atoms with Gasteiger partial charge in [0.05, 0.1) is 5.60 Å². The van der Waals surface area contributed by atoms with Crippen LogP contribution >= 0.6 is 0 Å². The molecule has 0 bridgehead atoms. The minimum atomic E-state index is -2.44. The summed E-state index contributed by atoms with van der Waals surface area (Å²) < 4.78 is 7.05. The van der Waals surface area contributed by atoms with E-state index in [1.165, 1.54) is 16.8 Å². The Balaban J connectivity index is 1.69. The fourth-order valence-corrected chi connectivity index (χ4v) is 9.59. The summed E-state index contributed by atoms with van der Waals surface area (Å²) in [6, 6.07) is 21.7. The molecule has 2 aromatic carbocycles. The minimum Gasteiger partial charge on any atom is -0.407 e. The first kappa shape index (κ1) is 18.9. The van der Waals surface area contributed by atoms with Crippen molar-refractivity contribution in [3.8, 4) is 0 Å². The van der Waals surface area contributed by atoms with Gasteiger partial charge in [0.1, 0.15) is 0 Å². The van der Waals surface area contributed by atoms with E-state index in [-0.39, 0.29) is 10.6 Å². The summed E-state index contributed by atoms with van der Waals surface area (Å²) in [7, 11) is -2.44. The molecule has 27 heavy (non-hydrogen) atoms. The molecule has 0 aliphatic heterocycles. The highest BCUT2D eigenvalue weighted by molar-refractivity contribution is 6.99. The molecule has 2 fully saturated rings. The Hall–Kier alpha value is -1.42. The van der Waals surface area contributed by atoms with Crippen molar-refractivity contribution < 1.29 is 9.53 Å². The lowest BCUT2D eigenvalue weighted by Crippen LogP contribution is -2.67. The van der Waals surface area contributed by atoms with E-state index in [0.717, 1.165) is 25.9 Å². The van der Waals surface area contributed by atoms with Crippen molar-refractivity contribution in [2.24, 2.45) is 11.8 Å². The standard InChI is InChI=1S/C24H32O2Si/c1-23(2,3)27(20-10-6-4-7-11-20,21-12-8-5-9-13-21)26-18-19-14-15-22(19)24(25)16-17-24/h4-13,19,22,25H,14-18H2,1-3H3/t19-,22+/m0/s1. The van der Waals surface area contributed by atoms with Gasteiger partial charge in [-0.2, -0.15) is 0 Å². The predicted octanol–water partition coefficient (Wildman–Crippen LogP) is 4.11. The van der Waals surface area contributed by atoms with E-state index in [0.29, 0.717) is 11.8 Å². The van der Waals surface area contributed by atoms with Gasteiger partial charge in [-0.1, -0.05) is 81.4 Å². The maximum atomic E-state index is 10.6. The van der Waals surface area contributed by atoms with Gasteiger partial charge in [0.25, 0.3) is 8.32 Å². The third kappa shape index (κ3) is 3.30. The average Bonchev–Trinajstić information content (AvgIpc) is 3.35. The van der Waals surface area contributed by atoms with Crippen LogP contribution in [0.1, 0.15) is 46.5 Å². The number of hydrogen-bond acceptors (Lipinski definition) is 2. The number of aliphatic hydroxyl groups is 1. The molecule has 0 heterocycles. The highest BCUT2D eigenvalue weighted by Crippen LogP contribution is 2.54. The van der Waals surface area contributed by atoms with E-state index < -0.39 is 8.32 Å². The Labute approximate surface area is 164 Å². The Morgan fingerprint density at radius 2 is 1.44 bits per heavy atom. The Bertz CT molecular complexity index is 722. The molecule has 2 atom stereocenters. The maximum absolute atomic E-state index is 10.6. The predicted molar refractivity (Wildman–Crippen MR) is 114 cm³/mol. The van der Waals surface area contributed by atoms with Gasteiger partial charge in [0, 0.05) is 6.61 Å². The van der Waals surface area contributed by atoms with Crippen LogP contribution in [0.25, 0.3) is 0 Å². The zero-order chi connectivity index (χ0) is 19.1. The van der Waals surface area contributed by atoms with E-state index in [1.54, 1.807) is 0 Å². The van der Waals surface area contributed by atoms with Crippen molar-refractivity contribution in [3.63, 3.8) is 0 Å². The van der Waals surface area contributed by atoms with Gasteiger partial charge in [-0.25, -0.2) is 0 Å². The first-order valence-electron chi connectivity index (χ1n) is 10.3. The van der Waals surface area contributed by atoms with Gasteiger partial charge in [-0.3, -0.25) is 0 Å². The minimum absolute atomic E-state index is 0.0193. The van der Waals surface area contributed by atoms with E-state index >= 15 is 0 Å². The first-order chi connectivity index (χ1) is 12.9. The molecule has 2 aliphatic carbocycles. The van der Waals surface area contributed by atoms with E-state index in [1.807, 2.05) is 0 Å². The van der Waals surface area contributed by atoms with Crippen molar-refractivity contribution in [1.82, 2.24) is 0 Å². The molecular formula is C24H32O2Si. The van der Waals surface area contributed by atoms with Gasteiger partial charge < -0.3 is 9.53 Å². The van der Waals surface area contributed by atoms with Gasteiger partial charge in [-0.15, -0.1) is 0 Å². The van der Waals surface area contributed by atoms with E-state index in [9.17, 15) is 5.11 Å².